The number of rotatable bonds is 2. The van der Waals surface area contributed by atoms with E-state index in [1.165, 1.54) is 0 Å². The molecule has 0 saturated heterocycles. The predicted octanol–water partition coefficient (Wildman–Crippen LogP) is 1.45. The Morgan fingerprint density at radius 3 is 2.30 bits per heavy atom. The average molecular weight is 139 g/mol. The summed E-state index contributed by atoms with van der Waals surface area (Å²) >= 11 is 0. The van der Waals surface area contributed by atoms with Crippen LogP contribution in [0.1, 0.15) is 33.1 Å². The quantitative estimate of drug-likeness (QED) is 0.629. The summed E-state index contributed by atoms with van der Waals surface area (Å²) in [4.78, 5) is 0. The summed E-state index contributed by atoms with van der Waals surface area (Å²) in [6.07, 6.45) is 2.40. The van der Waals surface area contributed by atoms with Crippen molar-refractivity contribution in [1.29, 1.82) is 5.26 Å². The van der Waals surface area contributed by atoms with Gasteiger partial charge in [-0.05, 0) is 26.2 Å². The normalized spacial score (nSPS) is 26.6. The zero-order chi connectivity index (χ0) is 7.83. The van der Waals surface area contributed by atoms with Crippen molar-refractivity contribution in [3.05, 3.63) is 0 Å². The molecule has 1 fully saturated rings. The third-order valence-corrected chi connectivity index (χ3v) is 2.68. The number of hydrogen-bond donors (Lipinski definition) is 1. The molecule has 0 aliphatic heterocycles. The zero-order valence-electron chi connectivity index (χ0n) is 6.52. The standard InChI is InChI=1S/C8H13NO/c1-3-7(2,10)8(6-9)4-5-8/h10H,3-5H2,1-2H3. The van der Waals surface area contributed by atoms with Crippen LogP contribution in [0.4, 0.5) is 0 Å². The van der Waals surface area contributed by atoms with Crippen LogP contribution in [-0.4, -0.2) is 10.7 Å². The Hall–Kier alpha value is -0.550. The zero-order valence-corrected chi connectivity index (χ0v) is 6.52. The van der Waals surface area contributed by atoms with Crippen LogP contribution in [0.15, 0.2) is 0 Å². The van der Waals surface area contributed by atoms with Gasteiger partial charge in [0.2, 0.25) is 0 Å². The average Bonchev–Trinajstić information content (AvgIpc) is 2.67. The molecule has 1 unspecified atom stereocenters. The topological polar surface area (TPSA) is 44.0 Å². The second kappa shape index (κ2) is 1.96. The summed E-state index contributed by atoms with van der Waals surface area (Å²) in [6.45, 7) is 3.67. The molecule has 2 heteroatoms. The van der Waals surface area contributed by atoms with Gasteiger partial charge in [0.15, 0.2) is 0 Å². The highest BCUT2D eigenvalue weighted by Crippen LogP contribution is 2.54. The van der Waals surface area contributed by atoms with Crippen LogP contribution in [0, 0.1) is 16.7 Å². The summed E-state index contributed by atoms with van der Waals surface area (Å²) in [6, 6.07) is 2.19. The van der Waals surface area contributed by atoms with E-state index in [2.05, 4.69) is 6.07 Å². The fraction of sp³-hybridized carbons (Fsp3) is 0.875. The fourth-order valence-electron chi connectivity index (χ4n) is 1.23. The van der Waals surface area contributed by atoms with E-state index < -0.39 is 11.0 Å². The lowest BCUT2D eigenvalue weighted by molar-refractivity contribution is 0.00524. The summed E-state index contributed by atoms with van der Waals surface area (Å²) in [7, 11) is 0. The minimum absolute atomic E-state index is 0.401. The number of nitrogens with zero attached hydrogens (tertiary/aromatic N) is 1. The largest absolute Gasteiger partial charge is 0.389 e. The van der Waals surface area contributed by atoms with Crippen LogP contribution < -0.4 is 0 Å². The Morgan fingerprint density at radius 1 is 1.70 bits per heavy atom. The number of nitriles is 1. The van der Waals surface area contributed by atoms with Crippen LogP contribution in [0.5, 0.6) is 0 Å². The highest BCUT2D eigenvalue weighted by Gasteiger charge is 2.55. The van der Waals surface area contributed by atoms with E-state index in [1.807, 2.05) is 6.92 Å². The molecule has 1 saturated carbocycles. The van der Waals surface area contributed by atoms with Crippen LogP contribution in [0.2, 0.25) is 0 Å². The first kappa shape index (κ1) is 7.56. The third-order valence-electron chi connectivity index (χ3n) is 2.68. The van der Waals surface area contributed by atoms with Crippen molar-refractivity contribution in [2.24, 2.45) is 5.41 Å². The van der Waals surface area contributed by atoms with Gasteiger partial charge in [-0.25, -0.2) is 0 Å². The summed E-state index contributed by atoms with van der Waals surface area (Å²) in [5, 5.41) is 18.4. The Bertz CT molecular complexity index is 174. The molecule has 1 N–H and O–H groups in total. The molecule has 0 aromatic rings. The van der Waals surface area contributed by atoms with E-state index in [-0.39, 0.29) is 0 Å². The monoisotopic (exact) mass is 139 g/mol. The molecule has 0 amide bonds. The van der Waals surface area contributed by atoms with Gasteiger partial charge >= 0.3 is 0 Å². The molecule has 1 atom stereocenters. The molecule has 0 spiro atoms. The van der Waals surface area contributed by atoms with Crippen LogP contribution in [-0.2, 0) is 0 Å². The Morgan fingerprint density at radius 2 is 2.20 bits per heavy atom. The summed E-state index contributed by atoms with van der Waals surface area (Å²) in [5.41, 5.74) is -1.16. The van der Waals surface area contributed by atoms with E-state index in [0.29, 0.717) is 6.42 Å². The van der Waals surface area contributed by atoms with Gasteiger partial charge < -0.3 is 5.11 Å². The van der Waals surface area contributed by atoms with Gasteiger partial charge in [0.1, 0.15) is 0 Å². The molecule has 1 aliphatic carbocycles. The minimum Gasteiger partial charge on any atom is -0.389 e. The van der Waals surface area contributed by atoms with Gasteiger partial charge in [0, 0.05) is 0 Å². The molecular formula is C8H13NO. The van der Waals surface area contributed by atoms with Gasteiger partial charge in [0.05, 0.1) is 17.1 Å². The first-order valence-corrected chi connectivity index (χ1v) is 3.71. The van der Waals surface area contributed by atoms with Crippen molar-refractivity contribution in [3.8, 4) is 6.07 Å². The lowest BCUT2D eigenvalue weighted by atomic mass is 9.85. The van der Waals surface area contributed by atoms with Crippen molar-refractivity contribution in [2.75, 3.05) is 0 Å². The number of aliphatic hydroxyl groups is 1. The molecule has 0 radical (unpaired) electrons. The summed E-state index contributed by atoms with van der Waals surface area (Å²) < 4.78 is 0. The molecule has 56 valence electrons. The van der Waals surface area contributed by atoms with Gasteiger partial charge in [-0.2, -0.15) is 5.26 Å². The van der Waals surface area contributed by atoms with E-state index >= 15 is 0 Å². The molecule has 0 aromatic carbocycles. The molecule has 1 rings (SSSR count). The van der Waals surface area contributed by atoms with Crippen molar-refractivity contribution in [1.82, 2.24) is 0 Å². The van der Waals surface area contributed by atoms with Gasteiger partial charge in [-0.3, -0.25) is 0 Å². The van der Waals surface area contributed by atoms with Gasteiger partial charge in [-0.1, -0.05) is 6.92 Å². The number of hydrogen-bond acceptors (Lipinski definition) is 2. The van der Waals surface area contributed by atoms with E-state index in [1.54, 1.807) is 6.92 Å². The second-order valence-corrected chi connectivity index (χ2v) is 3.32. The fourth-order valence-corrected chi connectivity index (χ4v) is 1.23. The van der Waals surface area contributed by atoms with Crippen molar-refractivity contribution in [2.45, 2.75) is 38.7 Å². The summed E-state index contributed by atoms with van der Waals surface area (Å²) in [5.74, 6) is 0. The Kier molecular flexibility index (Phi) is 1.48. The van der Waals surface area contributed by atoms with Crippen molar-refractivity contribution >= 4 is 0 Å². The minimum atomic E-state index is -0.762. The molecule has 0 bridgehead atoms. The van der Waals surface area contributed by atoms with Crippen molar-refractivity contribution in [3.63, 3.8) is 0 Å². The second-order valence-electron chi connectivity index (χ2n) is 3.32. The maximum atomic E-state index is 9.69. The van der Waals surface area contributed by atoms with Gasteiger partial charge in [0.25, 0.3) is 0 Å². The highest BCUT2D eigenvalue weighted by atomic mass is 16.3. The van der Waals surface area contributed by atoms with E-state index in [9.17, 15) is 5.11 Å². The first-order valence-electron chi connectivity index (χ1n) is 3.71. The first-order chi connectivity index (χ1) is 4.58. The smallest absolute Gasteiger partial charge is 0.0858 e. The molecule has 10 heavy (non-hydrogen) atoms. The van der Waals surface area contributed by atoms with E-state index in [4.69, 9.17) is 5.26 Å². The molecule has 0 heterocycles. The maximum Gasteiger partial charge on any atom is 0.0858 e. The Labute approximate surface area is 61.5 Å². The molecule has 2 nitrogen and oxygen atoms in total. The van der Waals surface area contributed by atoms with Gasteiger partial charge in [-0.15, -0.1) is 0 Å². The Balaban J connectivity index is 2.74. The van der Waals surface area contributed by atoms with Crippen molar-refractivity contribution < 1.29 is 5.11 Å². The highest BCUT2D eigenvalue weighted by molar-refractivity contribution is 5.18. The molecule has 0 aromatic heterocycles. The van der Waals surface area contributed by atoms with E-state index in [0.717, 1.165) is 12.8 Å². The lowest BCUT2D eigenvalue weighted by Crippen LogP contribution is -2.34. The third kappa shape index (κ3) is 0.819. The predicted molar refractivity (Wildman–Crippen MR) is 38.2 cm³/mol. The SMILES string of the molecule is CCC(C)(O)C1(C#N)CC1. The van der Waals surface area contributed by atoms with Crippen LogP contribution in [0.3, 0.4) is 0 Å². The lowest BCUT2D eigenvalue weighted by Gasteiger charge is -2.26. The van der Waals surface area contributed by atoms with Crippen LogP contribution >= 0.6 is 0 Å². The van der Waals surface area contributed by atoms with Crippen LogP contribution in [0.25, 0.3) is 0 Å². The molecular weight excluding hydrogens is 126 g/mol. The molecule has 1 aliphatic rings. The maximum absolute atomic E-state index is 9.69.